The lowest BCUT2D eigenvalue weighted by Gasteiger charge is -2.10. The molecule has 0 fully saturated rings. The van der Waals surface area contributed by atoms with Gasteiger partial charge in [-0.3, -0.25) is 0 Å². The third-order valence-corrected chi connectivity index (χ3v) is 2.84. The zero-order valence-electron chi connectivity index (χ0n) is 10.8. The Morgan fingerprint density at radius 2 is 1.90 bits per heavy atom. The van der Waals surface area contributed by atoms with Crippen LogP contribution in [0.5, 0.6) is 17.8 Å². The molecular formula is C12H12BrClN4O2. The van der Waals surface area contributed by atoms with Gasteiger partial charge in [0.05, 0.1) is 11.1 Å². The highest BCUT2D eigenvalue weighted by atomic mass is 79.9. The summed E-state index contributed by atoms with van der Waals surface area (Å²) in [5.41, 5.74) is 5.59. The van der Waals surface area contributed by atoms with Gasteiger partial charge in [-0.15, -0.1) is 4.98 Å². The summed E-state index contributed by atoms with van der Waals surface area (Å²) >= 11 is 9.37. The van der Waals surface area contributed by atoms with Crippen molar-refractivity contribution in [3.63, 3.8) is 0 Å². The van der Waals surface area contributed by atoms with Gasteiger partial charge < -0.3 is 15.2 Å². The molecule has 1 heterocycles. The summed E-state index contributed by atoms with van der Waals surface area (Å²) in [5.74, 6) is 0.426. The molecule has 0 aliphatic heterocycles. The third-order valence-electron chi connectivity index (χ3n) is 2.05. The maximum absolute atomic E-state index is 6.05. The standard InChI is InChI=1S/C12H12BrClN4O2/c1-6(2)19-11-16-10(15)17-12(18-11)20-9-4-3-7(13)5-8(9)14/h3-6H,1-2H3,(H2,15,16,17,18). The maximum atomic E-state index is 6.05. The first kappa shape index (κ1) is 14.8. The minimum atomic E-state index is -0.0825. The molecule has 106 valence electrons. The predicted molar refractivity (Wildman–Crippen MR) is 79.2 cm³/mol. The normalized spacial score (nSPS) is 10.7. The number of nitrogens with two attached hydrogens (primary N) is 1. The molecule has 0 aliphatic carbocycles. The molecule has 2 N–H and O–H groups in total. The molecule has 8 heteroatoms. The minimum absolute atomic E-state index is 0.0129. The zero-order valence-corrected chi connectivity index (χ0v) is 13.1. The fourth-order valence-electron chi connectivity index (χ4n) is 1.32. The Morgan fingerprint density at radius 3 is 2.55 bits per heavy atom. The molecule has 1 aromatic heterocycles. The van der Waals surface area contributed by atoms with E-state index < -0.39 is 0 Å². The van der Waals surface area contributed by atoms with Gasteiger partial charge in [0.15, 0.2) is 0 Å². The van der Waals surface area contributed by atoms with Crippen molar-refractivity contribution in [1.82, 2.24) is 15.0 Å². The van der Waals surface area contributed by atoms with Crippen molar-refractivity contribution in [1.29, 1.82) is 0 Å². The van der Waals surface area contributed by atoms with E-state index in [2.05, 4.69) is 30.9 Å². The van der Waals surface area contributed by atoms with Crippen LogP contribution in [0, 0.1) is 0 Å². The molecule has 20 heavy (non-hydrogen) atoms. The van der Waals surface area contributed by atoms with Gasteiger partial charge in [-0.05, 0) is 32.0 Å². The highest BCUT2D eigenvalue weighted by molar-refractivity contribution is 9.10. The van der Waals surface area contributed by atoms with Gasteiger partial charge in [0.2, 0.25) is 5.95 Å². The van der Waals surface area contributed by atoms with Gasteiger partial charge >= 0.3 is 12.0 Å². The topological polar surface area (TPSA) is 83.2 Å². The fraction of sp³-hybridized carbons (Fsp3) is 0.250. The minimum Gasteiger partial charge on any atom is -0.461 e. The van der Waals surface area contributed by atoms with Gasteiger partial charge in [0.25, 0.3) is 0 Å². The summed E-state index contributed by atoms with van der Waals surface area (Å²) in [4.78, 5) is 11.8. The van der Waals surface area contributed by atoms with Crippen LogP contribution in [0.4, 0.5) is 5.95 Å². The average molecular weight is 360 g/mol. The van der Waals surface area contributed by atoms with Gasteiger partial charge in [0.1, 0.15) is 5.75 Å². The van der Waals surface area contributed by atoms with Crippen molar-refractivity contribution in [2.75, 3.05) is 5.73 Å². The van der Waals surface area contributed by atoms with Crippen molar-refractivity contribution in [3.8, 4) is 17.8 Å². The molecule has 0 unspecified atom stereocenters. The van der Waals surface area contributed by atoms with Crippen molar-refractivity contribution in [2.45, 2.75) is 20.0 Å². The van der Waals surface area contributed by atoms with Crippen LogP contribution in [0.15, 0.2) is 22.7 Å². The smallest absolute Gasteiger partial charge is 0.330 e. The van der Waals surface area contributed by atoms with Crippen LogP contribution in [0.1, 0.15) is 13.8 Å². The van der Waals surface area contributed by atoms with Crippen LogP contribution in [-0.4, -0.2) is 21.1 Å². The lowest BCUT2D eigenvalue weighted by atomic mass is 10.3. The summed E-state index contributed by atoms with van der Waals surface area (Å²) in [6.45, 7) is 3.71. The monoisotopic (exact) mass is 358 g/mol. The fourth-order valence-corrected chi connectivity index (χ4v) is 2.03. The molecule has 0 spiro atoms. The Bertz CT molecular complexity index is 624. The Balaban J connectivity index is 2.26. The zero-order chi connectivity index (χ0) is 14.7. The SMILES string of the molecule is CC(C)Oc1nc(N)nc(Oc2ccc(Br)cc2Cl)n1. The van der Waals surface area contributed by atoms with Crippen LogP contribution < -0.4 is 15.2 Å². The van der Waals surface area contributed by atoms with Gasteiger partial charge in [-0.2, -0.15) is 9.97 Å². The molecule has 0 amide bonds. The van der Waals surface area contributed by atoms with E-state index in [1.807, 2.05) is 13.8 Å². The number of aromatic nitrogens is 3. The molecule has 0 bridgehead atoms. The van der Waals surface area contributed by atoms with Gasteiger partial charge in [0, 0.05) is 4.47 Å². The Kier molecular flexibility index (Phi) is 4.61. The van der Waals surface area contributed by atoms with Crippen LogP contribution >= 0.6 is 27.5 Å². The van der Waals surface area contributed by atoms with Crippen LogP contribution in [0.3, 0.4) is 0 Å². The molecule has 0 saturated heterocycles. The highest BCUT2D eigenvalue weighted by Gasteiger charge is 2.11. The second-order valence-corrected chi connectivity index (χ2v) is 5.43. The largest absolute Gasteiger partial charge is 0.461 e. The summed E-state index contributed by atoms with van der Waals surface area (Å²) in [6.07, 6.45) is -0.0825. The van der Waals surface area contributed by atoms with E-state index in [1.54, 1.807) is 18.2 Å². The molecule has 0 aliphatic rings. The lowest BCUT2D eigenvalue weighted by molar-refractivity contribution is 0.219. The number of ether oxygens (including phenoxy) is 2. The first-order chi connectivity index (χ1) is 9.44. The van der Waals surface area contributed by atoms with Crippen molar-refractivity contribution >= 4 is 33.5 Å². The molecular weight excluding hydrogens is 348 g/mol. The van der Waals surface area contributed by atoms with E-state index in [0.29, 0.717) is 10.8 Å². The second-order valence-electron chi connectivity index (χ2n) is 4.10. The second kappa shape index (κ2) is 6.23. The summed E-state index contributed by atoms with van der Waals surface area (Å²) in [6, 6.07) is 5.31. The van der Waals surface area contributed by atoms with Crippen LogP contribution in [0.25, 0.3) is 0 Å². The number of rotatable bonds is 4. The number of halogens is 2. The van der Waals surface area contributed by atoms with Crippen molar-refractivity contribution in [2.24, 2.45) is 0 Å². The summed E-state index contributed by atoms with van der Waals surface area (Å²) < 4.78 is 11.7. The summed E-state index contributed by atoms with van der Waals surface area (Å²) in [5, 5.41) is 0.421. The number of benzene rings is 1. The van der Waals surface area contributed by atoms with Crippen LogP contribution in [0.2, 0.25) is 5.02 Å². The summed E-state index contributed by atoms with van der Waals surface area (Å²) in [7, 11) is 0. The van der Waals surface area contributed by atoms with E-state index in [1.165, 1.54) is 0 Å². The highest BCUT2D eigenvalue weighted by Crippen LogP contribution is 2.30. The molecule has 0 atom stereocenters. The Hall–Kier alpha value is -1.60. The van der Waals surface area contributed by atoms with Crippen molar-refractivity contribution in [3.05, 3.63) is 27.7 Å². The van der Waals surface area contributed by atoms with Gasteiger partial charge in [-0.1, -0.05) is 27.5 Å². The number of nitrogen functional groups attached to an aromatic ring is 1. The molecule has 0 radical (unpaired) electrons. The Labute approximate surface area is 129 Å². The van der Waals surface area contributed by atoms with Crippen LogP contribution in [-0.2, 0) is 0 Å². The number of hydrogen-bond donors (Lipinski definition) is 1. The van der Waals surface area contributed by atoms with E-state index in [-0.39, 0.29) is 24.1 Å². The van der Waals surface area contributed by atoms with Crippen molar-refractivity contribution < 1.29 is 9.47 Å². The third kappa shape index (κ3) is 3.94. The van der Waals surface area contributed by atoms with E-state index in [9.17, 15) is 0 Å². The quantitative estimate of drug-likeness (QED) is 0.900. The molecule has 2 rings (SSSR count). The molecule has 6 nitrogen and oxygen atoms in total. The number of anilines is 1. The number of hydrogen-bond acceptors (Lipinski definition) is 6. The maximum Gasteiger partial charge on any atom is 0.330 e. The molecule has 1 aromatic carbocycles. The molecule has 2 aromatic rings. The van der Waals surface area contributed by atoms with Gasteiger partial charge in [-0.25, -0.2) is 0 Å². The lowest BCUT2D eigenvalue weighted by Crippen LogP contribution is -2.11. The first-order valence-electron chi connectivity index (χ1n) is 5.75. The first-order valence-corrected chi connectivity index (χ1v) is 6.92. The van der Waals surface area contributed by atoms with E-state index in [4.69, 9.17) is 26.8 Å². The van der Waals surface area contributed by atoms with E-state index >= 15 is 0 Å². The average Bonchev–Trinajstić information content (AvgIpc) is 2.31. The number of nitrogens with zero attached hydrogens (tertiary/aromatic N) is 3. The van der Waals surface area contributed by atoms with E-state index in [0.717, 1.165) is 4.47 Å². The predicted octanol–water partition coefficient (Wildman–Crippen LogP) is 3.45. The Morgan fingerprint density at radius 1 is 1.20 bits per heavy atom. The molecule has 0 saturated carbocycles.